The molecule has 2 saturated carbocycles. The number of likely N-dealkylation sites (N-methyl/N-ethyl adjacent to an activating group) is 1. The zero-order valence-electron chi connectivity index (χ0n) is 12.5. The van der Waals surface area contributed by atoms with Crippen molar-refractivity contribution in [1.29, 1.82) is 0 Å². The van der Waals surface area contributed by atoms with E-state index in [0.29, 0.717) is 6.54 Å². The highest BCUT2D eigenvalue weighted by Crippen LogP contribution is 2.31. The quantitative estimate of drug-likeness (QED) is 0.732. The highest BCUT2D eigenvalue weighted by atomic mass is 16.1. The summed E-state index contributed by atoms with van der Waals surface area (Å²) in [6, 6.07) is 0. The SMILES string of the molecule is CN(C)C1(CNC(=O)CNCC2CC2)CCCCC1. The summed E-state index contributed by atoms with van der Waals surface area (Å²) < 4.78 is 0. The Bertz CT molecular complexity index is 294. The third kappa shape index (κ3) is 4.46. The first-order valence-electron chi connectivity index (χ1n) is 7.77. The summed E-state index contributed by atoms with van der Waals surface area (Å²) in [7, 11) is 4.28. The molecule has 4 heteroatoms. The van der Waals surface area contributed by atoms with E-state index in [2.05, 4.69) is 29.6 Å². The summed E-state index contributed by atoms with van der Waals surface area (Å²) in [5.41, 5.74) is 0.185. The smallest absolute Gasteiger partial charge is 0.234 e. The number of carbonyl (C=O) groups excluding carboxylic acids is 1. The van der Waals surface area contributed by atoms with Crippen LogP contribution < -0.4 is 10.6 Å². The molecule has 0 unspecified atom stereocenters. The minimum absolute atomic E-state index is 0.146. The van der Waals surface area contributed by atoms with Gasteiger partial charge >= 0.3 is 0 Å². The molecule has 2 N–H and O–H groups in total. The van der Waals surface area contributed by atoms with Crippen molar-refractivity contribution < 1.29 is 4.79 Å². The molecule has 2 aliphatic rings. The van der Waals surface area contributed by atoms with E-state index in [9.17, 15) is 4.79 Å². The summed E-state index contributed by atoms with van der Waals surface area (Å²) >= 11 is 0. The van der Waals surface area contributed by atoms with Crippen molar-refractivity contribution in [3.8, 4) is 0 Å². The van der Waals surface area contributed by atoms with Crippen molar-refractivity contribution >= 4 is 5.91 Å². The molecule has 0 spiro atoms. The Morgan fingerprint density at radius 1 is 1.21 bits per heavy atom. The Hall–Kier alpha value is -0.610. The fraction of sp³-hybridized carbons (Fsp3) is 0.933. The molecule has 0 radical (unpaired) electrons. The highest BCUT2D eigenvalue weighted by Gasteiger charge is 2.34. The Labute approximate surface area is 117 Å². The molecular weight excluding hydrogens is 238 g/mol. The Morgan fingerprint density at radius 2 is 1.89 bits per heavy atom. The lowest BCUT2D eigenvalue weighted by Gasteiger charge is -2.43. The van der Waals surface area contributed by atoms with Crippen molar-refractivity contribution in [2.45, 2.75) is 50.5 Å². The molecule has 0 aromatic rings. The minimum Gasteiger partial charge on any atom is -0.353 e. The van der Waals surface area contributed by atoms with Crippen LogP contribution in [0, 0.1) is 5.92 Å². The maximum absolute atomic E-state index is 11.9. The first-order valence-corrected chi connectivity index (χ1v) is 7.77. The normalized spacial score (nSPS) is 22.5. The summed E-state index contributed by atoms with van der Waals surface area (Å²) in [5, 5.41) is 6.38. The molecule has 19 heavy (non-hydrogen) atoms. The predicted molar refractivity (Wildman–Crippen MR) is 78.1 cm³/mol. The van der Waals surface area contributed by atoms with E-state index in [-0.39, 0.29) is 11.4 Å². The molecule has 2 fully saturated rings. The van der Waals surface area contributed by atoms with Gasteiger partial charge in [-0.3, -0.25) is 4.79 Å². The maximum atomic E-state index is 11.9. The lowest BCUT2D eigenvalue weighted by molar-refractivity contribution is -0.121. The van der Waals surface area contributed by atoms with Gasteiger partial charge in [-0.25, -0.2) is 0 Å². The number of hydrogen-bond donors (Lipinski definition) is 2. The van der Waals surface area contributed by atoms with Gasteiger partial charge in [-0.2, -0.15) is 0 Å². The summed E-state index contributed by atoms with van der Waals surface area (Å²) in [4.78, 5) is 14.2. The van der Waals surface area contributed by atoms with Gasteiger partial charge in [-0.15, -0.1) is 0 Å². The average Bonchev–Trinajstić information content (AvgIpc) is 3.21. The molecule has 4 nitrogen and oxygen atoms in total. The molecule has 2 aliphatic carbocycles. The van der Waals surface area contributed by atoms with E-state index in [1.807, 2.05) is 0 Å². The van der Waals surface area contributed by atoms with Gasteiger partial charge in [0.15, 0.2) is 0 Å². The molecule has 1 amide bonds. The molecule has 0 atom stereocenters. The standard InChI is InChI=1S/C15H29N3O/c1-18(2)15(8-4-3-5-9-15)12-17-14(19)11-16-10-13-6-7-13/h13,16H,3-12H2,1-2H3,(H,17,19). The number of carbonyl (C=O) groups is 1. The predicted octanol–water partition coefficient (Wildman–Crippen LogP) is 1.37. The van der Waals surface area contributed by atoms with Gasteiger partial charge in [-0.1, -0.05) is 19.3 Å². The van der Waals surface area contributed by atoms with E-state index in [1.54, 1.807) is 0 Å². The molecule has 110 valence electrons. The molecular formula is C15H29N3O. The van der Waals surface area contributed by atoms with Crippen LogP contribution in [0.4, 0.5) is 0 Å². The van der Waals surface area contributed by atoms with E-state index in [1.165, 1.54) is 44.9 Å². The summed E-state index contributed by atoms with van der Waals surface area (Å²) in [5.74, 6) is 0.978. The van der Waals surface area contributed by atoms with Crippen LogP contribution in [-0.4, -0.2) is 50.1 Å². The fourth-order valence-corrected chi connectivity index (χ4v) is 3.03. The van der Waals surface area contributed by atoms with E-state index < -0.39 is 0 Å². The van der Waals surface area contributed by atoms with E-state index in [4.69, 9.17) is 0 Å². The molecule has 0 saturated heterocycles. The highest BCUT2D eigenvalue weighted by molar-refractivity contribution is 5.78. The fourth-order valence-electron chi connectivity index (χ4n) is 3.03. The maximum Gasteiger partial charge on any atom is 0.234 e. The third-order valence-corrected chi connectivity index (χ3v) is 4.76. The topological polar surface area (TPSA) is 44.4 Å². The van der Waals surface area contributed by atoms with Crippen LogP contribution in [0.25, 0.3) is 0 Å². The number of nitrogens with zero attached hydrogens (tertiary/aromatic N) is 1. The second kappa shape index (κ2) is 6.71. The second-order valence-electron chi connectivity index (χ2n) is 6.53. The second-order valence-corrected chi connectivity index (χ2v) is 6.53. The number of nitrogens with one attached hydrogen (secondary N) is 2. The zero-order chi connectivity index (χ0) is 13.7. The van der Waals surface area contributed by atoms with Crippen LogP contribution in [-0.2, 0) is 4.79 Å². The number of hydrogen-bond acceptors (Lipinski definition) is 3. The third-order valence-electron chi connectivity index (χ3n) is 4.76. The van der Waals surface area contributed by atoms with Crippen molar-refractivity contribution in [2.75, 3.05) is 33.7 Å². The Morgan fingerprint density at radius 3 is 2.47 bits per heavy atom. The zero-order valence-corrected chi connectivity index (χ0v) is 12.5. The monoisotopic (exact) mass is 267 g/mol. The van der Waals surface area contributed by atoms with Gasteiger partial charge in [0, 0.05) is 12.1 Å². The molecule has 0 aliphatic heterocycles. The van der Waals surface area contributed by atoms with Crippen LogP contribution >= 0.6 is 0 Å². The largest absolute Gasteiger partial charge is 0.353 e. The van der Waals surface area contributed by atoms with Gasteiger partial charge in [0.05, 0.1) is 6.54 Å². The van der Waals surface area contributed by atoms with Crippen LogP contribution in [0.2, 0.25) is 0 Å². The lowest BCUT2D eigenvalue weighted by atomic mass is 9.80. The van der Waals surface area contributed by atoms with Crippen LogP contribution in [0.5, 0.6) is 0 Å². The van der Waals surface area contributed by atoms with Gasteiger partial charge in [-0.05, 0) is 52.2 Å². The van der Waals surface area contributed by atoms with Gasteiger partial charge in [0.25, 0.3) is 0 Å². The Kier molecular flexibility index (Phi) is 5.22. The molecule has 2 rings (SSSR count). The number of amides is 1. The molecule has 0 bridgehead atoms. The van der Waals surface area contributed by atoms with Crippen LogP contribution in [0.3, 0.4) is 0 Å². The van der Waals surface area contributed by atoms with Gasteiger partial charge < -0.3 is 15.5 Å². The van der Waals surface area contributed by atoms with E-state index >= 15 is 0 Å². The molecule has 0 aromatic heterocycles. The average molecular weight is 267 g/mol. The van der Waals surface area contributed by atoms with Gasteiger partial charge in [0.2, 0.25) is 5.91 Å². The van der Waals surface area contributed by atoms with E-state index in [0.717, 1.165) is 19.0 Å². The van der Waals surface area contributed by atoms with Crippen molar-refractivity contribution in [2.24, 2.45) is 5.92 Å². The minimum atomic E-state index is 0.146. The first kappa shape index (κ1) is 14.8. The van der Waals surface area contributed by atoms with Crippen molar-refractivity contribution in [3.63, 3.8) is 0 Å². The van der Waals surface area contributed by atoms with Crippen LogP contribution in [0.15, 0.2) is 0 Å². The lowest BCUT2D eigenvalue weighted by Crippen LogP contribution is -2.54. The molecule has 0 aromatic carbocycles. The molecule has 0 heterocycles. The van der Waals surface area contributed by atoms with Crippen molar-refractivity contribution in [1.82, 2.24) is 15.5 Å². The summed E-state index contributed by atoms with van der Waals surface area (Å²) in [6.45, 7) is 2.27. The first-order chi connectivity index (χ1) is 9.12. The van der Waals surface area contributed by atoms with Crippen LogP contribution in [0.1, 0.15) is 44.9 Å². The number of rotatable bonds is 7. The Balaban J connectivity index is 1.69. The van der Waals surface area contributed by atoms with Crippen molar-refractivity contribution in [3.05, 3.63) is 0 Å². The summed E-state index contributed by atoms with van der Waals surface area (Å²) in [6.07, 6.45) is 8.98. The van der Waals surface area contributed by atoms with Gasteiger partial charge in [0.1, 0.15) is 0 Å².